The van der Waals surface area contributed by atoms with Crippen LogP contribution in [0.2, 0.25) is 20.1 Å². The molecule has 0 aliphatic carbocycles. The maximum Gasteiger partial charge on any atom is 0.253 e. The molecule has 2 heterocycles. The maximum atomic E-state index is 12.4. The Bertz CT molecular complexity index is 2240. The Labute approximate surface area is 442 Å². The summed E-state index contributed by atoms with van der Waals surface area (Å²) in [6, 6.07) is 24.2. The molecule has 0 aromatic heterocycles. The third-order valence-corrected chi connectivity index (χ3v) is 14.0. The number of fused-ring (bicyclic) bond motifs is 2. The van der Waals surface area contributed by atoms with Gasteiger partial charge in [0.25, 0.3) is 11.8 Å². The van der Waals surface area contributed by atoms with Gasteiger partial charge in [-0.2, -0.15) is 0 Å². The standard InChI is InChI=1S/C52H68Cl4N6O10/c1-61-31-43(41-27-37(53)29-47(55)45(41)33-61)35-5-3-7-39(25-35)59-11-15-69-19-23-71-21-17-67-13-9-51(65,49(57)63)52(66,50(58)64)10-14-68-18-22-72-24-20-70-16-12-60-40-8-4-6-36(26-40)44-32-62(2)34-46-42(44)28-38(54)30-48(46)56/h3-8,25-30,43-44,59-60,65-66H,9-24,31-34H2,1-2H3,(H2,57,63)(H2,58,64). The summed E-state index contributed by atoms with van der Waals surface area (Å²) >= 11 is 25.9. The molecule has 20 heteroatoms. The first-order valence-corrected chi connectivity index (χ1v) is 25.6. The van der Waals surface area contributed by atoms with E-state index in [1.807, 2.05) is 36.4 Å². The van der Waals surface area contributed by atoms with Crippen molar-refractivity contribution in [1.29, 1.82) is 0 Å². The zero-order chi connectivity index (χ0) is 51.7. The number of rotatable bonds is 31. The first kappa shape index (κ1) is 57.5. The highest BCUT2D eigenvalue weighted by Gasteiger charge is 2.57. The third-order valence-electron chi connectivity index (χ3n) is 12.9. The number of benzene rings is 4. The number of aliphatic hydroxyl groups is 2. The summed E-state index contributed by atoms with van der Waals surface area (Å²) in [6.45, 7) is 6.77. The minimum atomic E-state index is -2.72. The summed E-state index contributed by atoms with van der Waals surface area (Å²) in [6.07, 6.45) is -1.00. The molecule has 2 amide bonds. The Hall–Kier alpha value is -3.82. The molecular weight excluding hydrogens is 1010 g/mol. The van der Waals surface area contributed by atoms with E-state index in [9.17, 15) is 19.8 Å². The average Bonchev–Trinajstić information content (AvgIpc) is 3.34. The topological polar surface area (TPSA) is 213 Å². The lowest BCUT2D eigenvalue weighted by Gasteiger charge is -2.38. The summed E-state index contributed by atoms with van der Waals surface area (Å²) in [7, 11) is 4.17. The smallest absolute Gasteiger partial charge is 0.253 e. The number of amides is 2. The molecule has 4 atom stereocenters. The van der Waals surface area contributed by atoms with Crippen LogP contribution in [0.3, 0.4) is 0 Å². The van der Waals surface area contributed by atoms with Gasteiger partial charge in [-0.05, 0) is 96.0 Å². The largest absolute Gasteiger partial charge is 0.383 e. The number of nitrogens with zero attached hydrogens (tertiary/aromatic N) is 2. The molecule has 16 nitrogen and oxygen atoms in total. The van der Waals surface area contributed by atoms with E-state index in [-0.39, 0.29) is 51.5 Å². The van der Waals surface area contributed by atoms with E-state index in [1.54, 1.807) is 12.1 Å². The summed E-state index contributed by atoms with van der Waals surface area (Å²) in [4.78, 5) is 29.4. The van der Waals surface area contributed by atoms with E-state index in [4.69, 9.17) is 86.3 Å². The number of hydrogen-bond acceptors (Lipinski definition) is 14. The number of ether oxygens (including phenoxy) is 6. The van der Waals surface area contributed by atoms with E-state index in [0.29, 0.717) is 72.8 Å². The van der Waals surface area contributed by atoms with Crippen molar-refractivity contribution >= 4 is 69.6 Å². The fraction of sp³-hybridized carbons (Fsp3) is 0.500. The zero-order valence-corrected chi connectivity index (χ0v) is 44.0. The van der Waals surface area contributed by atoms with Crippen molar-refractivity contribution in [3.05, 3.63) is 126 Å². The Morgan fingerprint density at radius 3 is 1.26 bits per heavy atom. The summed E-state index contributed by atoms with van der Waals surface area (Å²) in [5.74, 6) is -2.39. The molecule has 394 valence electrons. The lowest BCUT2D eigenvalue weighted by atomic mass is 9.77. The molecular formula is C52H68Cl4N6O10. The first-order valence-electron chi connectivity index (χ1n) is 24.1. The predicted octanol–water partition coefficient (Wildman–Crippen LogP) is 6.29. The zero-order valence-electron chi connectivity index (χ0n) is 40.9. The number of nitrogens with one attached hydrogen (secondary N) is 2. The molecule has 0 radical (unpaired) electrons. The van der Waals surface area contributed by atoms with Gasteiger partial charge in [-0.3, -0.25) is 9.59 Å². The van der Waals surface area contributed by atoms with Crippen LogP contribution in [0, 0.1) is 0 Å². The molecule has 2 aliphatic heterocycles. The highest BCUT2D eigenvalue weighted by molar-refractivity contribution is 6.35. The van der Waals surface area contributed by atoms with Gasteiger partial charge in [0.05, 0.1) is 79.3 Å². The van der Waals surface area contributed by atoms with Crippen LogP contribution in [0.1, 0.15) is 58.1 Å². The summed E-state index contributed by atoms with van der Waals surface area (Å²) < 4.78 is 33.6. The van der Waals surface area contributed by atoms with Gasteiger partial charge in [-0.15, -0.1) is 0 Å². The van der Waals surface area contributed by atoms with Gasteiger partial charge >= 0.3 is 0 Å². The van der Waals surface area contributed by atoms with Crippen LogP contribution in [0.15, 0.2) is 72.8 Å². The Morgan fingerprint density at radius 2 is 0.903 bits per heavy atom. The molecule has 72 heavy (non-hydrogen) atoms. The monoisotopic (exact) mass is 1080 g/mol. The molecule has 2 aliphatic rings. The van der Waals surface area contributed by atoms with Crippen molar-refractivity contribution in [2.24, 2.45) is 11.5 Å². The van der Waals surface area contributed by atoms with Crippen LogP contribution in [0.4, 0.5) is 11.4 Å². The average molecular weight is 1080 g/mol. The quantitative estimate of drug-likeness (QED) is 0.0306. The van der Waals surface area contributed by atoms with Crippen LogP contribution in [-0.4, -0.2) is 163 Å². The fourth-order valence-corrected chi connectivity index (χ4v) is 10.3. The van der Waals surface area contributed by atoms with Crippen molar-refractivity contribution in [3.63, 3.8) is 0 Å². The molecule has 0 saturated carbocycles. The van der Waals surface area contributed by atoms with Crippen molar-refractivity contribution in [2.75, 3.05) is 130 Å². The SMILES string of the molecule is CN1Cc2c(Cl)cc(Cl)cc2C(c2cccc(NCCOCCOCCOCCC(O)(C(N)=O)C(O)(CCOCCOCCOCCNc3cccc(C4CN(C)Cc5c(Cl)cc(Cl)cc54)c3)C(N)=O)c2)C1. The van der Waals surface area contributed by atoms with E-state index in [0.717, 1.165) is 59.8 Å². The minimum Gasteiger partial charge on any atom is -0.383 e. The Morgan fingerprint density at radius 1 is 0.556 bits per heavy atom. The highest BCUT2D eigenvalue weighted by atomic mass is 35.5. The van der Waals surface area contributed by atoms with Crippen LogP contribution >= 0.6 is 46.4 Å². The molecule has 4 unspecified atom stereocenters. The second-order valence-electron chi connectivity index (χ2n) is 18.1. The van der Waals surface area contributed by atoms with Crippen molar-refractivity contribution in [3.8, 4) is 0 Å². The van der Waals surface area contributed by atoms with E-state index < -0.39 is 35.9 Å². The molecule has 4 aromatic carbocycles. The van der Waals surface area contributed by atoms with Gasteiger partial charge in [0, 0.05) is 95.4 Å². The first-order chi connectivity index (χ1) is 34.6. The normalized spacial score (nSPS) is 17.7. The molecule has 0 bridgehead atoms. The second kappa shape index (κ2) is 28.2. The lowest BCUT2D eigenvalue weighted by molar-refractivity contribution is -0.189. The minimum absolute atomic E-state index is 0.100. The summed E-state index contributed by atoms with van der Waals surface area (Å²) in [5, 5.41) is 31.9. The third kappa shape index (κ3) is 15.9. The maximum absolute atomic E-state index is 12.4. The van der Waals surface area contributed by atoms with E-state index in [1.165, 1.54) is 11.1 Å². The van der Waals surface area contributed by atoms with Crippen molar-refractivity contribution in [2.45, 2.75) is 49.0 Å². The number of carbonyl (C=O) groups excluding carboxylic acids is 2. The Balaban J connectivity index is 0.785. The van der Waals surface area contributed by atoms with E-state index in [2.05, 4.69) is 58.8 Å². The van der Waals surface area contributed by atoms with Gasteiger partial charge in [0.1, 0.15) is 0 Å². The predicted molar refractivity (Wildman–Crippen MR) is 282 cm³/mol. The second-order valence-corrected chi connectivity index (χ2v) is 19.8. The Kier molecular flexibility index (Phi) is 22.5. The number of anilines is 2. The number of nitrogens with two attached hydrogens (primary N) is 2. The fourth-order valence-electron chi connectivity index (χ4n) is 9.12. The van der Waals surface area contributed by atoms with Gasteiger partial charge in [-0.25, -0.2) is 0 Å². The number of primary amides is 2. The van der Waals surface area contributed by atoms with Crippen molar-refractivity contribution in [1.82, 2.24) is 9.80 Å². The molecule has 6 rings (SSSR count). The van der Waals surface area contributed by atoms with Gasteiger partial charge in [0.15, 0.2) is 11.2 Å². The van der Waals surface area contributed by atoms with Crippen molar-refractivity contribution < 1.29 is 48.2 Å². The highest BCUT2D eigenvalue weighted by Crippen LogP contribution is 2.40. The van der Waals surface area contributed by atoms with E-state index >= 15 is 0 Å². The molecule has 0 fully saturated rings. The molecule has 0 saturated heterocycles. The molecule has 4 aromatic rings. The van der Waals surface area contributed by atoms with Crippen LogP contribution in [-0.2, 0) is 51.1 Å². The van der Waals surface area contributed by atoms with Gasteiger partial charge in [0.2, 0.25) is 0 Å². The lowest BCUT2D eigenvalue weighted by Crippen LogP contribution is -2.68. The molecule has 8 N–H and O–H groups in total. The number of likely N-dealkylation sites (N-methyl/N-ethyl adjacent to an activating group) is 2. The summed E-state index contributed by atoms with van der Waals surface area (Å²) in [5.41, 5.74) is 14.4. The van der Waals surface area contributed by atoms with Gasteiger partial charge < -0.3 is 70.5 Å². The molecule has 0 spiro atoms. The number of carbonyl (C=O) groups is 2. The number of halogens is 4. The van der Waals surface area contributed by atoms with Crippen LogP contribution < -0.4 is 22.1 Å². The van der Waals surface area contributed by atoms with Crippen LogP contribution in [0.5, 0.6) is 0 Å². The van der Waals surface area contributed by atoms with Crippen LogP contribution in [0.25, 0.3) is 0 Å². The number of hydrogen-bond donors (Lipinski definition) is 6. The van der Waals surface area contributed by atoms with Gasteiger partial charge in [-0.1, -0.05) is 70.7 Å².